The highest BCUT2D eigenvalue weighted by Crippen LogP contribution is 1.98. The van der Waals surface area contributed by atoms with Gasteiger partial charge in [0, 0.05) is 38.1 Å². The van der Waals surface area contributed by atoms with Gasteiger partial charge < -0.3 is 9.67 Å². The van der Waals surface area contributed by atoms with Crippen molar-refractivity contribution in [3.05, 3.63) is 18.7 Å². The number of aromatic nitrogens is 2. The lowest BCUT2D eigenvalue weighted by Crippen LogP contribution is -2.35. The molecule has 0 atom stereocenters. The molecule has 4 nitrogen and oxygen atoms in total. The molecular formula is C10H19N3O. The Balaban J connectivity index is 2.33. The van der Waals surface area contributed by atoms with E-state index in [-0.39, 0.29) is 6.61 Å². The SMILES string of the molecule is CC(C)N(CCO)CCn1ccnc1. The third kappa shape index (κ3) is 3.47. The molecule has 4 heteroatoms. The molecule has 0 amide bonds. The van der Waals surface area contributed by atoms with E-state index in [1.54, 1.807) is 6.20 Å². The minimum absolute atomic E-state index is 0.224. The van der Waals surface area contributed by atoms with E-state index in [2.05, 4.69) is 23.7 Å². The minimum atomic E-state index is 0.224. The highest BCUT2D eigenvalue weighted by molar-refractivity contribution is 4.75. The molecule has 1 aromatic rings. The summed E-state index contributed by atoms with van der Waals surface area (Å²) >= 11 is 0. The summed E-state index contributed by atoms with van der Waals surface area (Å²) in [6.07, 6.45) is 5.56. The van der Waals surface area contributed by atoms with E-state index in [0.29, 0.717) is 6.04 Å². The summed E-state index contributed by atoms with van der Waals surface area (Å²) in [6, 6.07) is 0.477. The van der Waals surface area contributed by atoms with Gasteiger partial charge in [0.25, 0.3) is 0 Å². The molecule has 1 heterocycles. The Kier molecular flexibility index (Phi) is 4.62. The van der Waals surface area contributed by atoms with Crippen LogP contribution >= 0.6 is 0 Å². The zero-order valence-electron chi connectivity index (χ0n) is 8.93. The van der Waals surface area contributed by atoms with Crippen molar-refractivity contribution in [1.29, 1.82) is 0 Å². The first-order valence-corrected chi connectivity index (χ1v) is 5.04. The third-order valence-electron chi connectivity index (χ3n) is 2.32. The summed E-state index contributed by atoms with van der Waals surface area (Å²) in [4.78, 5) is 6.24. The van der Waals surface area contributed by atoms with Crippen LogP contribution in [0, 0.1) is 0 Å². The van der Waals surface area contributed by atoms with Gasteiger partial charge in [-0.1, -0.05) is 0 Å². The van der Waals surface area contributed by atoms with E-state index in [1.807, 2.05) is 17.1 Å². The van der Waals surface area contributed by atoms with Crippen molar-refractivity contribution in [2.75, 3.05) is 19.7 Å². The zero-order valence-corrected chi connectivity index (χ0v) is 8.93. The lowest BCUT2D eigenvalue weighted by Gasteiger charge is -2.25. The maximum atomic E-state index is 8.88. The van der Waals surface area contributed by atoms with Gasteiger partial charge in [-0.25, -0.2) is 4.98 Å². The fraction of sp³-hybridized carbons (Fsp3) is 0.700. The molecule has 80 valence electrons. The van der Waals surface area contributed by atoms with Crippen molar-refractivity contribution in [3.8, 4) is 0 Å². The molecule has 14 heavy (non-hydrogen) atoms. The fourth-order valence-electron chi connectivity index (χ4n) is 1.42. The van der Waals surface area contributed by atoms with E-state index in [0.717, 1.165) is 19.6 Å². The average Bonchev–Trinajstić information content (AvgIpc) is 2.64. The van der Waals surface area contributed by atoms with Crippen LogP contribution in [0.5, 0.6) is 0 Å². The number of aliphatic hydroxyl groups excluding tert-OH is 1. The molecule has 0 spiro atoms. The van der Waals surface area contributed by atoms with Crippen LogP contribution in [0.15, 0.2) is 18.7 Å². The van der Waals surface area contributed by atoms with Crippen LogP contribution in [0.3, 0.4) is 0 Å². The maximum Gasteiger partial charge on any atom is 0.0946 e. The Morgan fingerprint density at radius 2 is 2.21 bits per heavy atom. The van der Waals surface area contributed by atoms with Gasteiger partial charge in [0.1, 0.15) is 0 Å². The molecule has 0 fully saturated rings. The van der Waals surface area contributed by atoms with Gasteiger partial charge >= 0.3 is 0 Å². The number of rotatable bonds is 6. The van der Waals surface area contributed by atoms with E-state index in [4.69, 9.17) is 5.11 Å². The first-order valence-electron chi connectivity index (χ1n) is 5.04. The van der Waals surface area contributed by atoms with Crippen molar-refractivity contribution in [2.24, 2.45) is 0 Å². The van der Waals surface area contributed by atoms with Gasteiger partial charge in [-0.3, -0.25) is 4.90 Å². The van der Waals surface area contributed by atoms with E-state index < -0.39 is 0 Å². The molecule has 0 unspecified atom stereocenters. The average molecular weight is 197 g/mol. The molecule has 1 aromatic heterocycles. The summed E-state index contributed by atoms with van der Waals surface area (Å²) in [7, 11) is 0. The Labute approximate surface area is 85.2 Å². The van der Waals surface area contributed by atoms with Gasteiger partial charge in [0.2, 0.25) is 0 Å². The number of aliphatic hydroxyl groups is 1. The van der Waals surface area contributed by atoms with Crippen LogP contribution in [0.2, 0.25) is 0 Å². The predicted molar refractivity (Wildman–Crippen MR) is 56.0 cm³/mol. The third-order valence-corrected chi connectivity index (χ3v) is 2.32. The molecule has 0 aliphatic rings. The second kappa shape index (κ2) is 5.78. The summed E-state index contributed by atoms with van der Waals surface area (Å²) in [6.45, 7) is 7.13. The molecule has 0 bridgehead atoms. The van der Waals surface area contributed by atoms with Crippen molar-refractivity contribution >= 4 is 0 Å². The standard InChI is InChI=1S/C10H19N3O/c1-10(2)13(7-8-14)6-5-12-4-3-11-9-12/h3-4,9-10,14H,5-8H2,1-2H3. The number of hydrogen-bond donors (Lipinski definition) is 1. The summed E-state index contributed by atoms with van der Waals surface area (Å²) in [5, 5.41) is 8.88. The smallest absolute Gasteiger partial charge is 0.0946 e. The second-order valence-electron chi connectivity index (χ2n) is 3.65. The zero-order chi connectivity index (χ0) is 10.4. The van der Waals surface area contributed by atoms with Gasteiger partial charge in [0.05, 0.1) is 12.9 Å². The Hall–Kier alpha value is -0.870. The monoisotopic (exact) mass is 197 g/mol. The highest BCUT2D eigenvalue weighted by Gasteiger charge is 2.07. The van der Waals surface area contributed by atoms with Crippen LogP contribution in [-0.4, -0.2) is 45.3 Å². The topological polar surface area (TPSA) is 41.3 Å². The number of nitrogens with zero attached hydrogens (tertiary/aromatic N) is 3. The number of hydrogen-bond acceptors (Lipinski definition) is 3. The van der Waals surface area contributed by atoms with Crippen molar-refractivity contribution < 1.29 is 5.11 Å². The normalized spacial score (nSPS) is 11.5. The maximum absolute atomic E-state index is 8.88. The highest BCUT2D eigenvalue weighted by atomic mass is 16.3. The number of imidazole rings is 1. The molecule has 0 saturated heterocycles. The van der Waals surface area contributed by atoms with Crippen LogP contribution in [-0.2, 0) is 6.54 Å². The predicted octanol–water partition coefficient (Wildman–Crippen LogP) is 0.586. The largest absolute Gasteiger partial charge is 0.395 e. The Bertz CT molecular complexity index is 234. The van der Waals surface area contributed by atoms with E-state index >= 15 is 0 Å². The summed E-state index contributed by atoms with van der Waals surface area (Å²) < 4.78 is 2.05. The summed E-state index contributed by atoms with van der Waals surface area (Å²) in [5.41, 5.74) is 0. The second-order valence-corrected chi connectivity index (χ2v) is 3.65. The van der Waals surface area contributed by atoms with Crippen molar-refractivity contribution in [1.82, 2.24) is 14.5 Å². The lowest BCUT2D eigenvalue weighted by atomic mass is 10.3. The van der Waals surface area contributed by atoms with Gasteiger partial charge in [-0.15, -0.1) is 0 Å². The van der Waals surface area contributed by atoms with Gasteiger partial charge in [0.15, 0.2) is 0 Å². The molecule has 0 aromatic carbocycles. The van der Waals surface area contributed by atoms with Crippen LogP contribution in [0.25, 0.3) is 0 Å². The van der Waals surface area contributed by atoms with Gasteiger partial charge in [-0.2, -0.15) is 0 Å². The van der Waals surface area contributed by atoms with Crippen molar-refractivity contribution in [3.63, 3.8) is 0 Å². The Morgan fingerprint density at radius 3 is 2.71 bits per heavy atom. The quantitative estimate of drug-likeness (QED) is 0.725. The Morgan fingerprint density at radius 1 is 1.43 bits per heavy atom. The molecule has 0 aliphatic heterocycles. The van der Waals surface area contributed by atoms with Gasteiger partial charge in [-0.05, 0) is 13.8 Å². The molecule has 1 N–H and O–H groups in total. The summed E-state index contributed by atoms with van der Waals surface area (Å²) in [5.74, 6) is 0. The molecule has 0 aliphatic carbocycles. The van der Waals surface area contributed by atoms with Crippen LogP contribution in [0.4, 0.5) is 0 Å². The van der Waals surface area contributed by atoms with E-state index in [9.17, 15) is 0 Å². The molecular weight excluding hydrogens is 178 g/mol. The lowest BCUT2D eigenvalue weighted by molar-refractivity contribution is 0.161. The first kappa shape index (κ1) is 11.2. The molecule has 0 saturated carbocycles. The van der Waals surface area contributed by atoms with Crippen LogP contribution in [0.1, 0.15) is 13.8 Å². The van der Waals surface area contributed by atoms with Crippen LogP contribution < -0.4 is 0 Å². The fourth-order valence-corrected chi connectivity index (χ4v) is 1.42. The van der Waals surface area contributed by atoms with Crippen molar-refractivity contribution in [2.45, 2.75) is 26.4 Å². The molecule has 0 radical (unpaired) electrons. The van der Waals surface area contributed by atoms with E-state index in [1.165, 1.54) is 0 Å². The molecule has 1 rings (SSSR count). The minimum Gasteiger partial charge on any atom is -0.395 e. The first-order chi connectivity index (χ1) is 6.74.